The molecule has 3 aromatic rings. The number of ether oxygens (including phenoxy) is 2. The van der Waals surface area contributed by atoms with Crippen molar-refractivity contribution < 1.29 is 14.3 Å². The molecule has 1 aromatic heterocycles. The summed E-state index contributed by atoms with van der Waals surface area (Å²) in [6.07, 6.45) is 0. The van der Waals surface area contributed by atoms with Crippen LogP contribution in [-0.2, 0) is 30.3 Å². The van der Waals surface area contributed by atoms with Crippen LogP contribution < -0.4 is 9.47 Å². The fourth-order valence-electron chi connectivity index (χ4n) is 4.13. The SMILES string of the molecule is Cc1nn(C)c(C)c1CN(Cc1cccc2c1OCO2)C(=O)C(C)(C)c1ccccc1. The minimum atomic E-state index is -0.680. The van der Waals surface area contributed by atoms with E-state index in [2.05, 4.69) is 5.10 Å². The lowest BCUT2D eigenvalue weighted by atomic mass is 9.83. The maximum absolute atomic E-state index is 13.9. The Morgan fingerprint density at radius 2 is 1.81 bits per heavy atom. The van der Waals surface area contributed by atoms with Crippen LogP contribution in [0.15, 0.2) is 48.5 Å². The lowest BCUT2D eigenvalue weighted by molar-refractivity contribution is -0.137. The van der Waals surface area contributed by atoms with Gasteiger partial charge in [-0.3, -0.25) is 9.48 Å². The van der Waals surface area contributed by atoms with Gasteiger partial charge in [0.2, 0.25) is 12.7 Å². The molecule has 1 aliphatic heterocycles. The highest BCUT2D eigenvalue weighted by atomic mass is 16.7. The van der Waals surface area contributed by atoms with Gasteiger partial charge in [-0.15, -0.1) is 0 Å². The van der Waals surface area contributed by atoms with Gasteiger partial charge in [-0.2, -0.15) is 5.10 Å². The van der Waals surface area contributed by atoms with Crippen LogP contribution in [0.25, 0.3) is 0 Å². The molecule has 2 aromatic carbocycles. The van der Waals surface area contributed by atoms with Crippen molar-refractivity contribution in [1.82, 2.24) is 14.7 Å². The fraction of sp³-hybridized carbons (Fsp3) is 0.360. The van der Waals surface area contributed by atoms with E-state index in [9.17, 15) is 4.79 Å². The van der Waals surface area contributed by atoms with Crippen molar-refractivity contribution in [3.8, 4) is 11.5 Å². The van der Waals surface area contributed by atoms with E-state index in [4.69, 9.17) is 9.47 Å². The van der Waals surface area contributed by atoms with E-state index in [1.165, 1.54) is 0 Å². The topological polar surface area (TPSA) is 56.6 Å². The first kappa shape index (κ1) is 21.0. The Hall–Kier alpha value is -3.28. The van der Waals surface area contributed by atoms with Gasteiger partial charge >= 0.3 is 0 Å². The molecule has 0 saturated carbocycles. The van der Waals surface area contributed by atoms with Crippen LogP contribution in [0.3, 0.4) is 0 Å². The number of carbonyl (C=O) groups is 1. The summed E-state index contributed by atoms with van der Waals surface area (Å²) in [4.78, 5) is 15.8. The van der Waals surface area contributed by atoms with Crippen LogP contribution in [0, 0.1) is 13.8 Å². The third-order valence-electron chi connectivity index (χ3n) is 6.16. The molecule has 31 heavy (non-hydrogen) atoms. The Morgan fingerprint density at radius 1 is 1.06 bits per heavy atom. The summed E-state index contributed by atoms with van der Waals surface area (Å²) in [6, 6.07) is 15.7. The molecule has 0 bridgehead atoms. The van der Waals surface area contributed by atoms with Gasteiger partial charge in [0.1, 0.15) is 0 Å². The first-order chi connectivity index (χ1) is 14.8. The van der Waals surface area contributed by atoms with Crippen molar-refractivity contribution in [3.63, 3.8) is 0 Å². The molecule has 6 heteroatoms. The molecule has 1 amide bonds. The van der Waals surface area contributed by atoms with Crippen molar-refractivity contribution in [2.75, 3.05) is 6.79 Å². The van der Waals surface area contributed by atoms with Gasteiger partial charge in [-0.1, -0.05) is 42.5 Å². The number of benzene rings is 2. The molecular weight excluding hydrogens is 390 g/mol. The lowest BCUT2D eigenvalue weighted by Gasteiger charge is -2.33. The van der Waals surface area contributed by atoms with Gasteiger partial charge in [0, 0.05) is 37.0 Å². The molecule has 2 heterocycles. The van der Waals surface area contributed by atoms with Crippen LogP contribution in [0.5, 0.6) is 11.5 Å². The van der Waals surface area contributed by atoms with Gasteiger partial charge in [0.05, 0.1) is 11.1 Å². The quantitative estimate of drug-likeness (QED) is 0.599. The van der Waals surface area contributed by atoms with Crippen molar-refractivity contribution >= 4 is 5.91 Å². The van der Waals surface area contributed by atoms with Gasteiger partial charge in [-0.05, 0) is 39.3 Å². The fourth-order valence-corrected chi connectivity index (χ4v) is 4.13. The molecule has 0 spiro atoms. The zero-order chi connectivity index (χ0) is 22.2. The van der Waals surface area contributed by atoms with E-state index in [0.717, 1.165) is 39.6 Å². The van der Waals surface area contributed by atoms with E-state index >= 15 is 0 Å². The average Bonchev–Trinajstić information content (AvgIpc) is 3.34. The van der Waals surface area contributed by atoms with Gasteiger partial charge in [0.25, 0.3) is 0 Å². The van der Waals surface area contributed by atoms with E-state index in [-0.39, 0.29) is 12.7 Å². The Labute approximate surface area is 183 Å². The monoisotopic (exact) mass is 419 g/mol. The highest BCUT2D eigenvalue weighted by Gasteiger charge is 2.35. The molecule has 0 fully saturated rings. The number of aromatic nitrogens is 2. The molecule has 1 aliphatic rings. The maximum atomic E-state index is 13.9. The van der Waals surface area contributed by atoms with Crippen LogP contribution in [0.2, 0.25) is 0 Å². The van der Waals surface area contributed by atoms with Gasteiger partial charge < -0.3 is 14.4 Å². The Morgan fingerprint density at radius 3 is 2.48 bits per heavy atom. The highest BCUT2D eigenvalue weighted by molar-refractivity contribution is 5.87. The predicted molar refractivity (Wildman–Crippen MR) is 119 cm³/mol. The third kappa shape index (κ3) is 3.90. The molecule has 0 atom stereocenters. The molecule has 6 nitrogen and oxygen atoms in total. The number of nitrogens with zero attached hydrogens (tertiary/aromatic N) is 3. The number of rotatable bonds is 6. The Bertz CT molecular complexity index is 1100. The number of hydrogen-bond donors (Lipinski definition) is 0. The number of hydrogen-bond acceptors (Lipinski definition) is 4. The number of fused-ring (bicyclic) bond motifs is 1. The second-order valence-electron chi connectivity index (χ2n) is 8.58. The summed E-state index contributed by atoms with van der Waals surface area (Å²) in [5, 5.41) is 4.54. The standard InChI is InChI=1S/C25H29N3O3/c1-17-21(18(2)27(5)26-17)15-28(14-19-10-9-13-22-23(19)31-16-30-22)24(29)25(3,4)20-11-7-6-8-12-20/h6-13H,14-16H2,1-5H3. The molecule has 162 valence electrons. The summed E-state index contributed by atoms with van der Waals surface area (Å²) >= 11 is 0. The smallest absolute Gasteiger partial charge is 0.233 e. The third-order valence-corrected chi connectivity index (χ3v) is 6.16. The van der Waals surface area contributed by atoms with E-state index < -0.39 is 5.41 Å². The summed E-state index contributed by atoms with van der Waals surface area (Å²) in [6.45, 7) is 9.10. The second-order valence-corrected chi connectivity index (χ2v) is 8.58. The molecule has 0 aliphatic carbocycles. The first-order valence-electron chi connectivity index (χ1n) is 10.5. The van der Waals surface area contributed by atoms with E-state index in [1.54, 1.807) is 0 Å². The minimum Gasteiger partial charge on any atom is -0.454 e. The number of amides is 1. The number of carbonyl (C=O) groups excluding carboxylic acids is 1. The van der Waals surface area contributed by atoms with E-state index in [0.29, 0.717) is 13.1 Å². The predicted octanol–water partition coefficient (Wildman–Crippen LogP) is 4.27. The minimum absolute atomic E-state index is 0.0536. The van der Waals surface area contributed by atoms with Crippen LogP contribution in [0.1, 0.15) is 41.9 Å². The highest BCUT2D eigenvalue weighted by Crippen LogP contribution is 2.37. The maximum Gasteiger partial charge on any atom is 0.233 e. The van der Waals surface area contributed by atoms with Crippen molar-refractivity contribution in [3.05, 3.63) is 76.6 Å². The first-order valence-corrected chi connectivity index (χ1v) is 10.5. The Kier molecular flexibility index (Phi) is 5.48. The van der Waals surface area contributed by atoms with Crippen LogP contribution in [0.4, 0.5) is 0 Å². The zero-order valence-corrected chi connectivity index (χ0v) is 18.8. The zero-order valence-electron chi connectivity index (χ0n) is 18.8. The molecule has 0 N–H and O–H groups in total. The van der Waals surface area contributed by atoms with Crippen LogP contribution in [-0.4, -0.2) is 27.4 Å². The van der Waals surface area contributed by atoms with Crippen LogP contribution >= 0.6 is 0 Å². The Balaban J connectivity index is 1.72. The molecule has 0 radical (unpaired) electrons. The average molecular weight is 420 g/mol. The van der Waals surface area contributed by atoms with Crippen molar-refractivity contribution in [2.45, 2.75) is 46.2 Å². The summed E-state index contributed by atoms with van der Waals surface area (Å²) in [7, 11) is 1.93. The van der Waals surface area contributed by atoms with Crippen molar-refractivity contribution in [1.29, 1.82) is 0 Å². The number of aryl methyl sites for hydroxylation is 2. The van der Waals surface area contributed by atoms with Gasteiger partial charge in [0.15, 0.2) is 11.5 Å². The summed E-state index contributed by atoms with van der Waals surface area (Å²) in [5.41, 5.74) is 4.32. The largest absolute Gasteiger partial charge is 0.454 e. The second kappa shape index (κ2) is 8.10. The molecule has 0 saturated heterocycles. The summed E-state index contributed by atoms with van der Waals surface area (Å²) < 4.78 is 13.1. The lowest BCUT2D eigenvalue weighted by Crippen LogP contribution is -2.43. The molecule has 4 rings (SSSR count). The molecule has 0 unspecified atom stereocenters. The normalized spacial score (nSPS) is 12.8. The summed E-state index contributed by atoms with van der Waals surface area (Å²) in [5.74, 6) is 1.50. The van der Waals surface area contributed by atoms with Crippen molar-refractivity contribution in [2.24, 2.45) is 7.05 Å². The number of para-hydroxylation sites is 1. The van der Waals surface area contributed by atoms with E-state index in [1.807, 2.05) is 92.9 Å². The van der Waals surface area contributed by atoms with Gasteiger partial charge in [-0.25, -0.2) is 0 Å². The molecular formula is C25H29N3O3.